The first-order chi connectivity index (χ1) is 8.55. The summed E-state index contributed by atoms with van der Waals surface area (Å²) in [6.45, 7) is 8.67. The first-order valence-corrected chi connectivity index (χ1v) is 7.19. The second-order valence-electron chi connectivity index (χ2n) is 5.52. The van der Waals surface area contributed by atoms with E-state index in [2.05, 4.69) is 38.2 Å². The highest BCUT2D eigenvalue weighted by Gasteiger charge is 2.15. The first-order valence-electron chi connectivity index (χ1n) is 6.38. The van der Waals surface area contributed by atoms with Crippen LogP contribution in [0.1, 0.15) is 36.3 Å². The Morgan fingerprint density at radius 1 is 1.22 bits per heavy atom. The van der Waals surface area contributed by atoms with Gasteiger partial charge < -0.3 is 9.73 Å². The Morgan fingerprint density at radius 3 is 2.67 bits per heavy atom. The van der Waals surface area contributed by atoms with Crippen molar-refractivity contribution in [3.8, 4) is 0 Å². The molecule has 0 atom stereocenters. The molecule has 0 saturated carbocycles. The van der Waals surface area contributed by atoms with E-state index in [4.69, 9.17) is 4.42 Å². The molecule has 2 rings (SSSR count). The second kappa shape index (κ2) is 5.72. The number of rotatable bonds is 5. The van der Waals surface area contributed by atoms with E-state index in [1.54, 1.807) is 6.26 Å². The highest BCUT2D eigenvalue weighted by atomic mass is 32.1. The van der Waals surface area contributed by atoms with Crippen molar-refractivity contribution in [2.45, 2.75) is 39.2 Å². The van der Waals surface area contributed by atoms with Crippen LogP contribution < -0.4 is 5.32 Å². The zero-order chi connectivity index (χ0) is 13.0. The number of nitrogens with one attached hydrogen (secondary N) is 1. The highest BCUT2D eigenvalue weighted by Crippen LogP contribution is 2.29. The molecule has 0 spiro atoms. The number of thiophene rings is 1. The molecule has 2 aromatic heterocycles. The molecule has 0 aliphatic rings. The van der Waals surface area contributed by atoms with E-state index in [-0.39, 0.29) is 5.41 Å². The highest BCUT2D eigenvalue weighted by molar-refractivity contribution is 7.12. The zero-order valence-electron chi connectivity index (χ0n) is 11.3. The molecule has 0 aliphatic heterocycles. The van der Waals surface area contributed by atoms with Crippen LogP contribution in [0.2, 0.25) is 0 Å². The average Bonchev–Trinajstić information content (AvgIpc) is 2.95. The molecule has 98 valence electrons. The van der Waals surface area contributed by atoms with Crippen molar-refractivity contribution in [1.29, 1.82) is 0 Å². The SMILES string of the molecule is CC(C)(C)c1ccc(CNCCc2ccco2)s1. The molecule has 2 nitrogen and oxygen atoms in total. The Kier molecular flexibility index (Phi) is 4.25. The summed E-state index contributed by atoms with van der Waals surface area (Å²) in [4.78, 5) is 2.85. The van der Waals surface area contributed by atoms with Crippen molar-refractivity contribution >= 4 is 11.3 Å². The van der Waals surface area contributed by atoms with E-state index in [1.807, 2.05) is 23.5 Å². The number of hydrogen-bond donors (Lipinski definition) is 1. The van der Waals surface area contributed by atoms with Crippen LogP contribution in [0.25, 0.3) is 0 Å². The summed E-state index contributed by atoms with van der Waals surface area (Å²) in [5.41, 5.74) is 0.261. The molecule has 2 aromatic rings. The topological polar surface area (TPSA) is 25.2 Å². The molecule has 1 N–H and O–H groups in total. The fourth-order valence-corrected chi connectivity index (χ4v) is 2.79. The van der Waals surface area contributed by atoms with Crippen LogP contribution in [-0.4, -0.2) is 6.54 Å². The van der Waals surface area contributed by atoms with Crippen LogP contribution >= 0.6 is 11.3 Å². The fraction of sp³-hybridized carbons (Fsp3) is 0.467. The zero-order valence-corrected chi connectivity index (χ0v) is 12.1. The smallest absolute Gasteiger partial charge is 0.105 e. The van der Waals surface area contributed by atoms with Crippen LogP contribution in [0, 0.1) is 0 Å². The average molecular weight is 263 g/mol. The lowest BCUT2D eigenvalue weighted by atomic mass is 9.95. The van der Waals surface area contributed by atoms with E-state index in [0.29, 0.717) is 0 Å². The van der Waals surface area contributed by atoms with Gasteiger partial charge in [0.2, 0.25) is 0 Å². The van der Waals surface area contributed by atoms with Gasteiger partial charge in [-0.05, 0) is 29.7 Å². The van der Waals surface area contributed by atoms with Gasteiger partial charge in [0.05, 0.1) is 6.26 Å². The molecule has 2 heterocycles. The summed E-state index contributed by atoms with van der Waals surface area (Å²) < 4.78 is 5.30. The van der Waals surface area contributed by atoms with E-state index < -0.39 is 0 Å². The van der Waals surface area contributed by atoms with Crippen LogP contribution in [0.15, 0.2) is 34.9 Å². The molecule has 0 bridgehead atoms. The van der Waals surface area contributed by atoms with Crippen molar-refractivity contribution in [3.63, 3.8) is 0 Å². The predicted molar refractivity (Wildman–Crippen MR) is 77.1 cm³/mol. The summed E-state index contributed by atoms with van der Waals surface area (Å²) in [5.74, 6) is 1.05. The van der Waals surface area contributed by atoms with Crippen molar-refractivity contribution < 1.29 is 4.42 Å². The molecule has 0 amide bonds. The Bertz CT molecular complexity index is 465. The number of hydrogen-bond acceptors (Lipinski definition) is 3. The standard InChI is InChI=1S/C15H21NOS/c1-15(2,3)14-7-6-13(18-14)11-16-9-8-12-5-4-10-17-12/h4-7,10,16H,8-9,11H2,1-3H3. The maximum absolute atomic E-state index is 5.30. The minimum Gasteiger partial charge on any atom is -0.469 e. The minimum atomic E-state index is 0.261. The quantitative estimate of drug-likeness (QED) is 0.826. The van der Waals surface area contributed by atoms with Gasteiger partial charge in [-0.3, -0.25) is 0 Å². The molecular formula is C15H21NOS. The fourth-order valence-electron chi connectivity index (χ4n) is 1.75. The second-order valence-corrected chi connectivity index (χ2v) is 6.69. The predicted octanol–water partition coefficient (Wildman–Crippen LogP) is 3.97. The van der Waals surface area contributed by atoms with Crippen LogP contribution in [-0.2, 0) is 18.4 Å². The van der Waals surface area contributed by atoms with Gasteiger partial charge in [0.1, 0.15) is 5.76 Å². The largest absolute Gasteiger partial charge is 0.469 e. The third-order valence-corrected chi connectivity index (χ3v) is 4.34. The summed E-state index contributed by atoms with van der Waals surface area (Å²) in [5, 5.41) is 3.46. The Labute approximate surface area is 113 Å². The van der Waals surface area contributed by atoms with Gasteiger partial charge in [0, 0.05) is 29.3 Å². The van der Waals surface area contributed by atoms with Gasteiger partial charge in [-0.25, -0.2) is 0 Å². The summed E-state index contributed by atoms with van der Waals surface area (Å²) in [6, 6.07) is 8.42. The van der Waals surface area contributed by atoms with Crippen molar-refractivity contribution in [1.82, 2.24) is 5.32 Å². The molecule has 0 unspecified atom stereocenters. The Morgan fingerprint density at radius 2 is 2.06 bits per heavy atom. The summed E-state index contributed by atoms with van der Waals surface area (Å²) in [6.07, 6.45) is 2.68. The third kappa shape index (κ3) is 3.72. The van der Waals surface area contributed by atoms with Gasteiger partial charge in [0.25, 0.3) is 0 Å². The van der Waals surface area contributed by atoms with Crippen molar-refractivity contribution in [2.24, 2.45) is 0 Å². The number of furan rings is 1. The minimum absolute atomic E-state index is 0.261. The van der Waals surface area contributed by atoms with Gasteiger partial charge in [0.15, 0.2) is 0 Å². The maximum atomic E-state index is 5.30. The van der Waals surface area contributed by atoms with E-state index in [0.717, 1.165) is 25.3 Å². The molecule has 0 fully saturated rings. The van der Waals surface area contributed by atoms with Gasteiger partial charge in [-0.1, -0.05) is 20.8 Å². The Balaban J connectivity index is 1.75. The first kappa shape index (κ1) is 13.4. The lowest BCUT2D eigenvalue weighted by molar-refractivity contribution is 0.499. The Hall–Kier alpha value is -1.06. The lowest BCUT2D eigenvalue weighted by Crippen LogP contribution is -2.15. The molecular weight excluding hydrogens is 242 g/mol. The summed E-state index contributed by atoms with van der Waals surface area (Å²) in [7, 11) is 0. The van der Waals surface area contributed by atoms with Crippen LogP contribution in [0.5, 0.6) is 0 Å². The lowest BCUT2D eigenvalue weighted by Gasteiger charge is -2.15. The van der Waals surface area contributed by atoms with E-state index in [9.17, 15) is 0 Å². The van der Waals surface area contributed by atoms with Gasteiger partial charge >= 0.3 is 0 Å². The van der Waals surface area contributed by atoms with E-state index in [1.165, 1.54) is 9.75 Å². The van der Waals surface area contributed by atoms with Crippen molar-refractivity contribution in [2.75, 3.05) is 6.54 Å². The van der Waals surface area contributed by atoms with Crippen molar-refractivity contribution in [3.05, 3.63) is 46.0 Å². The maximum Gasteiger partial charge on any atom is 0.105 e. The van der Waals surface area contributed by atoms with Crippen LogP contribution in [0.3, 0.4) is 0 Å². The summed E-state index contributed by atoms with van der Waals surface area (Å²) >= 11 is 1.90. The van der Waals surface area contributed by atoms with Crippen LogP contribution in [0.4, 0.5) is 0 Å². The monoisotopic (exact) mass is 263 g/mol. The third-order valence-electron chi connectivity index (χ3n) is 2.83. The van der Waals surface area contributed by atoms with Gasteiger partial charge in [-0.15, -0.1) is 11.3 Å². The molecule has 0 aromatic carbocycles. The molecule has 0 saturated heterocycles. The van der Waals surface area contributed by atoms with Gasteiger partial charge in [-0.2, -0.15) is 0 Å². The van der Waals surface area contributed by atoms with E-state index >= 15 is 0 Å². The normalized spacial score (nSPS) is 11.9. The molecule has 0 aliphatic carbocycles. The molecule has 18 heavy (non-hydrogen) atoms. The molecule has 0 radical (unpaired) electrons. The molecule has 3 heteroatoms.